The van der Waals surface area contributed by atoms with Gasteiger partial charge in [0.25, 0.3) is 5.56 Å². The first-order valence-electron chi connectivity index (χ1n) is 9.74. The van der Waals surface area contributed by atoms with E-state index in [9.17, 15) is 15.2 Å². The molecule has 0 aliphatic carbocycles. The smallest absolute Gasteiger partial charge is 0.283 e. The van der Waals surface area contributed by atoms with E-state index in [0.717, 1.165) is 10.2 Å². The fraction of sp³-hybridized carbons (Fsp3) is 0.227. The molecule has 0 radical (unpaired) electrons. The third kappa shape index (κ3) is 4.04. The van der Waals surface area contributed by atoms with Gasteiger partial charge in [0.1, 0.15) is 24.9 Å². The van der Waals surface area contributed by atoms with Crippen LogP contribution in [0.4, 0.5) is 4.39 Å². The van der Waals surface area contributed by atoms with Crippen molar-refractivity contribution in [1.82, 2.24) is 24.5 Å². The summed E-state index contributed by atoms with van der Waals surface area (Å²) in [6.45, 7) is 5.40. The van der Waals surface area contributed by atoms with Crippen molar-refractivity contribution in [1.29, 1.82) is 5.26 Å². The quantitative estimate of drug-likeness (QED) is 0.331. The van der Waals surface area contributed by atoms with Crippen LogP contribution < -0.4 is 5.56 Å². The van der Waals surface area contributed by atoms with Crippen LogP contribution in [0.25, 0.3) is 22.3 Å². The molecule has 4 aromatic rings. The fourth-order valence-electron chi connectivity index (χ4n) is 3.45. The minimum absolute atomic E-state index is 0.0565. The Morgan fingerprint density at radius 2 is 1.97 bits per heavy atom. The largest absolute Gasteiger partial charge is 0.391 e. The molecule has 0 spiro atoms. The predicted octanol–water partition coefficient (Wildman–Crippen LogP) is 3.98. The normalized spacial score (nSPS) is 11.7. The van der Waals surface area contributed by atoms with E-state index < -0.39 is 18.0 Å². The van der Waals surface area contributed by atoms with Crippen molar-refractivity contribution < 1.29 is 9.50 Å². The van der Waals surface area contributed by atoms with Crippen molar-refractivity contribution in [3.05, 3.63) is 70.9 Å². The SMILES string of the molecule is CC(C)(C)c1cc(F)c2c(=O)n(-c3nccc(-n4nc(I)c(C#N)c4I)c3CO)ncc2c1. The van der Waals surface area contributed by atoms with E-state index in [-0.39, 0.29) is 22.2 Å². The van der Waals surface area contributed by atoms with Crippen LogP contribution in [0.5, 0.6) is 0 Å². The minimum atomic E-state index is -0.688. The van der Waals surface area contributed by atoms with Crippen molar-refractivity contribution >= 4 is 56.0 Å². The van der Waals surface area contributed by atoms with Gasteiger partial charge in [0.05, 0.1) is 23.9 Å². The van der Waals surface area contributed by atoms with E-state index >= 15 is 4.39 Å². The molecule has 3 aromatic heterocycles. The van der Waals surface area contributed by atoms with Crippen LogP contribution in [0.2, 0.25) is 0 Å². The van der Waals surface area contributed by atoms with Crippen LogP contribution in [0.3, 0.4) is 0 Å². The second-order valence-corrected chi connectivity index (χ2v) is 10.3. The van der Waals surface area contributed by atoms with E-state index in [4.69, 9.17) is 0 Å². The number of aliphatic hydroxyl groups is 1. The van der Waals surface area contributed by atoms with Gasteiger partial charge in [-0.15, -0.1) is 0 Å². The maximum Gasteiger partial charge on any atom is 0.283 e. The third-order valence-corrected chi connectivity index (χ3v) is 6.95. The first kappa shape index (κ1) is 23.7. The Bertz CT molecular complexity index is 1510. The van der Waals surface area contributed by atoms with Gasteiger partial charge in [-0.1, -0.05) is 20.8 Å². The van der Waals surface area contributed by atoms with Gasteiger partial charge in [-0.25, -0.2) is 14.1 Å². The minimum Gasteiger partial charge on any atom is -0.391 e. The molecule has 0 aliphatic rings. The third-order valence-electron chi connectivity index (χ3n) is 5.20. The van der Waals surface area contributed by atoms with Crippen LogP contribution in [-0.2, 0) is 12.0 Å². The number of aliphatic hydroxyl groups excluding tert-OH is 1. The van der Waals surface area contributed by atoms with Crippen molar-refractivity contribution in [2.24, 2.45) is 0 Å². The number of benzene rings is 1. The summed E-state index contributed by atoms with van der Waals surface area (Å²) in [6.07, 6.45) is 2.86. The zero-order valence-corrected chi connectivity index (χ0v) is 22.1. The topological polar surface area (TPSA) is 110 Å². The van der Waals surface area contributed by atoms with Gasteiger partial charge >= 0.3 is 0 Å². The molecule has 0 aliphatic heterocycles. The predicted molar refractivity (Wildman–Crippen MR) is 137 cm³/mol. The van der Waals surface area contributed by atoms with E-state index in [1.54, 1.807) is 12.1 Å². The first-order valence-corrected chi connectivity index (χ1v) is 11.9. The molecule has 8 nitrogen and oxygen atoms in total. The second kappa shape index (κ2) is 8.73. The average Bonchev–Trinajstić information content (AvgIpc) is 3.05. The number of nitriles is 1. The zero-order valence-electron chi connectivity index (χ0n) is 17.8. The summed E-state index contributed by atoms with van der Waals surface area (Å²) in [6, 6.07) is 6.84. The summed E-state index contributed by atoms with van der Waals surface area (Å²) in [5.41, 5.74) is 0.857. The van der Waals surface area contributed by atoms with Gasteiger partial charge in [0.15, 0.2) is 5.82 Å². The summed E-state index contributed by atoms with van der Waals surface area (Å²) < 4.78 is 18.6. The number of fused-ring (bicyclic) bond motifs is 1. The zero-order chi connectivity index (χ0) is 24.1. The fourth-order valence-corrected chi connectivity index (χ4v) is 5.30. The molecule has 0 saturated carbocycles. The Morgan fingerprint density at radius 3 is 2.58 bits per heavy atom. The Morgan fingerprint density at radius 1 is 1.24 bits per heavy atom. The molecule has 0 bridgehead atoms. The number of hydrogen-bond donors (Lipinski definition) is 1. The monoisotopic (exact) mass is 670 g/mol. The van der Waals surface area contributed by atoms with Crippen molar-refractivity contribution in [3.63, 3.8) is 0 Å². The summed E-state index contributed by atoms with van der Waals surface area (Å²) in [5, 5.41) is 28.4. The lowest BCUT2D eigenvalue weighted by Crippen LogP contribution is -2.25. The molecule has 4 rings (SSSR count). The van der Waals surface area contributed by atoms with Crippen LogP contribution >= 0.6 is 45.2 Å². The van der Waals surface area contributed by atoms with Crippen molar-refractivity contribution in [3.8, 4) is 17.6 Å². The molecule has 168 valence electrons. The number of nitrogens with zero attached hydrogens (tertiary/aromatic N) is 6. The number of hydrogen-bond acceptors (Lipinski definition) is 6. The van der Waals surface area contributed by atoms with Gasteiger partial charge in [0, 0.05) is 17.1 Å². The number of halogens is 3. The summed E-state index contributed by atoms with van der Waals surface area (Å²) in [7, 11) is 0. The van der Waals surface area contributed by atoms with Crippen molar-refractivity contribution in [2.45, 2.75) is 32.8 Å². The molecular formula is C22H17FI2N6O2. The lowest BCUT2D eigenvalue weighted by molar-refractivity contribution is 0.280. The Kier molecular flexibility index (Phi) is 6.27. The van der Waals surface area contributed by atoms with Gasteiger partial charge < -0.3 is 5.11 Å². The second-order valence-electron chi connectivity index (χ2n) is 8.30. The average molecular weight is 670 g/mol. The molecule has 0 fully saturated rings. The molecule has 0 amide bonds. The Hall–Kier alpha value is -2.44. The van der Waals surface area contributed by atoms with Gasteiger partial charge in [-0.05, 0) is 74.4 Å². The lowest BCUT2D eigenvalue weighted by atomic mass is 9.86. The van der Waals surface area contributed by atoms with Crippen molar-refractivity contribution in [2.75, 3.05) is 0 Å². The molecule has 3 heterocycles. The molecule has 0 unspecified atom stereocenters. The Balaban J connectivity index is 1.97. The van der Waals surface area contributed by atoms with Crippen LogP contribution in [0.15, 0.2) is 35.4 Å². The van der Waals surface area contributed by atoms with Crippen LogP contribution in [-0.4, -0.2) is 29.7 Å². The summed E-state index contributed by atoms with van der Waals surface area (Å²) >= 11 is 3.95. The van der Waals surface area contributed by atoms with Crippen LogP contribution in [0, 0.1) is 24.5 Å². The highest BCUT2D eigenvalue weighted by atomic mass is 127. The number of pyridine rings is 1. The lowest BCUT2D eigenvalue weighted by Gasteiger charge is -2.20. The maximum atomic E-state index is 15.0. The highest BCUT2D eigenvalue weighted by molar-refractivity contribution is 14.1. The van der Waals surface area contributed by atoms with Gasteiger partial charge in [0.2, 0.25) is 0 Å². The van der Waals surface area contributed by atoms with Crippen LogP contribution in [0.1, 0.15) is 37.5 Å². The molecule has 1 aromatic carbocycles. The first-order chi connectivity index (χ1) is 15.6. The van der Waals surface area contributed by atoms with E-state index in [1.165, 1.54) is 23.1 Å². The van der Waals surface area contributed by atoms with E-state index in [2.05, 4.69) is 21.3 Å². The van der Waals surface area contributed by atoms with E-state index in [0.29, 0.717) is 24.0 Å². The van der Waals surface area contributed by atoms with Gasteiger partial charge in [-0.3, -0.25) is 4.79 Å². The highest BCUT2D eigenvalue weighted by Gasteiger charge is 2.23. The molecule has 11 heteroatoms. The molecular weight excluding hydrogens is 653 g/mol. The molecule has 0 saturated heterocycles. The highest BCUT2D eigenvalue weighted by Crippen LogP contribution is 2.28. The maximum absolute atomic E-state index is 15.0. The molecule has 0 atom stereocenters. The Labute approximate surface area is 215 Å². The molecule has 33 heavy (non-hydrogen) atoms. The summed E-state index contributed by atoms with van der Waals surface area (Å²) in [5.74, 6) is -0.587. The molecule has 1 N–H and O–H groups in total. The van der Waals surface area contributed by atoms with Gasteiger partial charge in [-0.2, -0.15) is 20.1 Å². The summed E-state index contributed by atoms with van der Waals surface area (Å²) in [4.78, 5) is 17.5. The number of rotatable bonds is 3. The standard InChI is InChI=1S/C22H17FI2N6O2/c1-22(2,3)12-6-11-9-28-31(21(33)17(11)15(23)7-12)20-14(10-32)16(4-5-27-20)30-19(25)13(8-26)18(24)29-30/h4-7,9,32H,10H2,1-3H3. The van der Waals surface area contributed by atoms with E-state index in [1.807, 2.05) is 66.0 Å². The number of aromatic nitrogens is 5.